The second kappa shape index (κ2) is 5.61. The Hall–Kier alpha value is -3.66. The smallest absolute Gasteiger partial charge is 0.488 e. The van der Waals surface area contributed by atoms with Crippen LogP contribution < -0.4 is 11.2 Å². The monoisotopic (exact) mass is 307 g/mol. The van der Waals surface area contributed by atoms with Crippen LogP contribution in [0.25, 0.3) is 16.4 Å². The molecule has 0 saturated carbocycles. The minimum Gasteiger partial charge on any atom is -0.488 e. The van der Waals surface area contributed by atoms with Crippen molar-refractivity contribution in [3.8, 4) is 17.3 Å². The van der Waals surface area contributed by atoms with E-state index in [4.69, 9.17) is 5.39 Å². The molecule has 0 aliphatic heterocycles. The van der Waals surface area contributed by atoms with Crippen molar-refractivity contribution >= 4 is 5.69 Å². The molecule has 0 spiro atoms. The van der Waals surface area contributed by atoms with Gasteiger partial charge in [0.15, 0.2) is 4.98 Å². The Bertz CT molecular complexity index is 1020. The average molecular weight is 307 g/mol. The van der Waals surface area contributed by atoms with Gasteiger partial charge >= 0.3 is 22.8 Å². The molecule has 1 aromatic heterocycles. The van der Waals surface area contributed by atoms with E-state index in [0.717, 1.165) is 9.13 Å². The van der Waals surface area contributed by atoms with Gasteiger partial charge in [0.25, 0.3) is 0 Å². The van der Waals surface area contributed by atoms with Crippen molar-refractivity contribution in [3.63, 3.8) is 0 Å². The van der Waals surface area contributed by atoms with Crippen molar-refractivity contribution in [3.05, 3.63) is 86.5 Å². The van der Waals surface area contributed by atoms with E-state index in [1.807, 2.05) is 0 Å². The molecule has 0 atom stereocenters. The van der Waals surface area contributed by atoms with Crippen molar-refractivity contribution in [2.45, 2.75) is 0 Å². The summed E-state index contributed by atoms with van der Waals surface area (Å²) in [7, 11) is 0. The zero-order valence-electron chi connectivity index (χ0n) is 11.8. The van der Waals surface area contributed by atoms with E-state index < -0.39 is 22.8 Å². The summed E-state index contributed by atoms with van der Waals surface area (Å²) in [5, 5.41) is 19.2. The van der Waals surface area contributed by atoms with Gasteiger partial charge < -0.3 is 5.11 Å². The van der Waals surface area contributed by atoms with E-state index >= 15 is 0 Å². The summed E-state index contributed by atoms with van der Waals surface area (Å²) in [5.74, 6) is -0.721. The Morgan fingerprint density at radius 3 is 1.78 bits per heavy atom. The van der Waals surface area contributed by atoms with Gasteiger partial charge in [-0.05, 0) is 24.3 Å². The summed E-state index contributed by atoms with van der Waals surface area (Å²) in [6.45, 7) is 0. The van der Waals surface area contributed by atoms with Crippen molar-refractivity contribution < 1.29 is 5.11 Å². The lowest BCUT2D eigenvalue weighted by atomic mass is 10.3. The van der Waals surface area contributed by atoms with Crippen LogP contribution in [-0.4, -0.2) is 14.2 Å². The Kier molecular flexibility index (Phi) is 3.49. The first-order chi connectivity index (χ1) is 11.1. The van der Waals surface area contributed by atoms with Crippen LogP contribution in [0.4, 0.5) is 5.69 Å². The van der Waals surface area contributed by atoms with Crippen LogP contribution in [0.5, 0.6) is 5.88 Å². The third kappa shape index (κ3) is 2.28. The van der Waals surface area contributed by atoms with Crippen molar-refractivity contribution in [1.82, 2.24) is 9.13 Å². The van der Waals surface area contributed by atoms with Gasteiger partial charge in [-0.2, -0.15) is 0 Å². The molecule has 0 saturated heterocycles. The van der Waals surface area contributed by atoms with E-state index in [9.17, 15) is 14.7 Å². The number of hydrogen-bond acceptors (Lipinski definition) is 4. The molecule has 2 aromatic carbocycles. The Balaban J connectivity index is 2.47. The maximum absolute atomic E-state index is 12.7. The predicted molar refractivity (Wildman–Crippen MR) is 84.0 cm³/mol. The molecule has 0 amide bonds. The van der Waals surface area contributed by atoms with Gasteiger partial charge in [-0.25, -0.2) is 13.9 Å². The normalized spacial score (nSPS) is 10.2. The van der Waals surface area contributed by atoms with E-state index in [1.165, 1.54) is 0 Å². The van der Waals surface area contributed by atoms with Gasteiger partial charge in [0.2, 0.25) is 5.39 Å². The van der Waals surface area contributed by atoms with Gasteiger partial charge in [-0.1, -0.05) is 36.4 Å². The molecular weight excluding hydrogens is 296 g/mol. The second-order valence-electron chi connectivity index (χ2n) is 4.70. The molecule has 1 heterocycles. The average Bonchev–Trinajstić information content (AvgIpc) is 2.57. The quantitative estimate of drug-likeness (QED) is 0.734. The van der Waals surface area contributed by atoms with Gasteiger partial charge in [0.1, 0.15) is 0 Å². The summed E-state index contributed by atoms with van der Waals surface area (Å²) in [6, 6.07) is 16.5. The topological polar surface area (TPSA) is 92.4 Å². The number of para-hydroxylation sites is 2. The first-order valence-electron chi connectivity index (χ1n) is 6.72. The SMILES string of the molecule is N#[N+]c1c(O)n(-c2ccccc2)c(=O)n(-c2ccccc2)c1=O. The summed E-state index contributed by atoms with van der Waals surface area (Å²) < 4.78 is 1.74. The van der Waals surface area contributed by atoms with Crippen LogP contribution in [-0.2, 0) is 0 Å². The molecule has 0 radical (unpaired) electrons. The molecule has 0 unspecified atom stereocenters. The van der Waals surface area contributed by atoms with E-state index in [1.54, 1.807) is 60.7 Å². The molecule has 3 aromatic rings. The van der Waals surface area contributed by atoms with Crippen LogP contribution in [0.15, 0.2) is 70.3 Å². The first kappa shape index (κ1) is 14.3. The van der Waals surface area contributed by atoms with E-state index in [0.29, 0.717) is 11.4 Å². The zero-order chi connectivity index (χ0) is 16.4. The number of hydrogen-bond donors (Lipinski definition) is 1. The number of aromatic hydroxyl groups is 1. The van der Waals surface area contributed by atoms with Gasteiger partial charge in [0.05, 0.1) is 11.4 Å². The summed E-state index contributed by atoms with van der Waals surface area (Å²) in [5.41, 5.74) is -1.65. The van der Waals surface area contributed by atoms with Crippen LogP contribution >= 0.6 is 0 Å². The molecule has 0 fully saturated rings. The van der Waals surface area contributed by atoms with Crippen LogP contribution in [0.2, 0.25) is 0 Å². The fourth-order valence-electron chi connectivity index (χ4n) is 2.29. The van der Waals surface area contributed by atoms with Crippen LogP contribution in [0, 0.1) is 5.39 Å². The first-order valence-corrected chi connectivity index (χ1v) is 6.72. The molecule has 0 aliphatic rings. The highest BCUT2D eigenvalue weighted by atomic mass is 16.3. The minimum absolute atomic E-state index is 0.303. The molecule has 1 N–H and O–H groups in total. The number of nitrogens with zero attached hydrogens (tertiary/aromatic N) is 4. The summed E-state index contributed by atoms with van der Waals surface area (Å²) >= 11 is 0. The Morgan fingerprint density at radius 2 is 1.30 bits per heavy atom. The van der Waals surface area contributed by atoms with Crippen LogP contribution in [0.3, 0.4) is 0 Å². The third-order valence-corrected chi connectivity index (χ3v) is 3.34. The molecule has 3 rings (SSSR count). The van der Waals surface area contributed by atoms with Crippen molar-refractivity contribution in [2.24, 2.45) is 0 Å². The Labute approximate surface area is 129 Å². The molecule has 23 heavy (non-hydrogen) atoms. The largest absolute Gasteiger partial charge is 0.509 e. The highest BCUT2D eigenvalue weighted by Gasteiger charge is 2.29. The second-order valence-corrected chi connectivity index (χ2v) is 4.70. The van der Waals surface area contributed by atoms with E-state index in [2.05, 4.69) is 4.98 Å². The standard InChI is InChI=1S/C16H10N4O3/c17-18-13-14(21)19(11-7-3-1-4-8-11)16(23)20(15(13)22)12-9-5-2-6-10-12/h1-10H/p+1. The van der Waals surface area contributed by atoms with E-state index in [-0.39, 0.29) is 0 Å². The fraction of sp³-hybridized carbons (Fsp3) is 0. The maximum Gasteiger partial charge on any atom is 0.509 e. The highest BCUT2D eigenvalue weighted by molar-refractivity contribution is 5.55. The number of rotatable bonds is 2. The minimum atomic E-state index is -0.909. The third-order valence-electron chi connectivity index (χ3n) is 3.34. The van der Waals surface area contributed by atoms with Crippen molar-refractivity contribution in [1.29, 1.82) is 5.39 Å². The lowest BCUT2D eigenvalue weighted by Gasteiger charge is -2.10. The van der Waals surface area contributed by atoms with Gasteiger partial charge in [0, 0.05) is 0 Å². The summed E-state index contributed by atoms with van der Waals surface area (Å²) in [6.07, 6.45) is 0. The Morgan fingerprint density at radius 1 is 0.826 bits per heavy atom. The molecule has 7 heteroatoms. The highest BCUT2D eigenvalue weighted by Crippen LogP contribution is 2.23. The van der Waals surface area contributed by atoms with Crippen LogP contribution in [0.1, 0.15) is 0 Å². The molecule has 0 bridgehead atoms. The maximum atomic E-state index is 12.7. The zero-order valence-corrected chi connectivity index (χ0v) is 11.8. The van der Waals surface area contributed by atoms with Gasteiger partial charge in [-0.15, -0.1) is 0 Å². The molecule has 112 valence electrons. The van der Waals surface area contributed by atoms with Crippen molar-refractivity contribution in [2.75, 3.05) is 0 Å². The number of benzene rings is 2. The molecular formula is C16H11N4O3+. The lowest BCUT2D eigenvalue weighted by Crippen LogP contribution is -2.37. The fourth-order valence-corrected chi connectivity index (χ4v) is 2.29. The lowest BCUT2D eigenvalue weighted by molar-refractivity contribution is 0.432. The molecule has 0 aliphatic carbocycles. The number of diazo groups is 1. The van der Waals surface area contributed by atoms with Gasteiger partial charge in [-0.3, -0.25) is 4.79 Å². The summed E-state index contributed by atoms with van der Waals surface area (Å²) in [4.78, 5) is 27.9. The molecule has 7 nitrogen and oxygen atoms in total. The number of aromatic nitrogens is 2. The predicted octanol–water partition coefficient (Wildman–Crippen LogP) is 2.18.